The maximum Gasteiger partial charge on any atom is 0.258 e. The topological polar surface area (TPSA) is 80.8 Å². The summed E-state index contributed by atoms with van der Waals surface area (Å²) in [6.45, 7) is 0.676. The molecule has 0 saturated heterocycles. The number of rotatable bonds is 7. The van der Waals surface area contributed by atoms with E-state index in [9.17, 15) is 9.59 Å². The Morgan fingerprint density at radius 2 is 1.78 bits per heavy atom. The molecule has 5 rings (SSSR count). The van der Waals surface area contributed by atoms with E-state index in [2.05, 4.69) is 16.4 Å². The van der Waals surface area contributed by atoms with Crippen molar-refractivity contribution in [2.45, 2.75) is 12.8 Å². The van der Waals surface area contributed by atoms with Crippen LogP contribution in [0.2, 0.25) is 0 Å². The first-order chi connectivity index (χ1) is 17.6. The van der Waals surface area contributed by atoms with E-state index in [-0.39, 0.29) is 18.2 Å². The Labute approximate surface area is 213 Å². The number of carbonyl (C=O) groups excluding carboxylic acids is 2. The van der Waals surface area contributed by atoms with Gasteiger partial charge in [0.15, 0.2) is 11.5 Å². The highest BCUT2D eigenvalue weighted by atomic mass is 32.1. The van der Waals surface area contributed by atoms with E-state index in [1.54, 1.807) is 43.4 Å². The van der Waals surface area contributed by atoms with Crippen molar-refractivity contribution in [2.24, 2.45) is 0 Å². The summed E-state index contributed by atoms with van der Waals surface area (Å²) in [5, 5.41) is 5.56. The van der Waals surface area contributed by atoms with Gasteiger partial charge in [-0.2, -0.15) is 0 Å². The van der Waals surface area contributed by atoms with Crippen LogP contribution in [0.1, 0.15) is 21.6 Å². The molecule has 0 bridgehead atoms. The highest BCUT2D eigenvalue weighted by molar-refractivity contribution is 7.13. The molecule has 8 heteroatoms. The molecule has 0 radical (unpaired) electrons. The largest absolute Gasteiger partial charge is 0.493 e. The van der Waals surface area contributed by atoms with Crippen LogP contribution in [0.4, 0.5) is 11.4 Å². The number of carbonyl (C=O) groups is 2. The number of anilines is 2. The fraction of sp³-hybridized carbons (Fsp3) is 0.179. The van der Waals surface area contributed by atoms with Crippen molar-refractivity contribution in [2.75, 3.05) is 31.0 Å². The Hall–Kier alpha value is -4.17. The molecule has 0 saturated carbocycles. The van der Waals surface area contributed by atoms with Crippen LogP contribution in [0.5, 0.6) is 11.5 Å². The van der Waals surface area contributed by atoms with Gasteiger partial charge in [0.2, 0.25) is 5.91 Å². The van der Waals surface area contributed by atoms with E-state index in [0.29, 0.717) is 35.0 Å². The lowest BCUT2D eigenvalue weighted by Gasteiger charge is -2.17. The summed E-state index contributed by atoms with van der Waals surface area (Å²) in [4.78, 5) is 32.0. The summed E-state index contributed by atoms with van der Waals surface area (Å²) in [5.74, 6) is 1.06. The maximum atomic E-state index is 13.0. The van der Waals surface area contributed by atoms with E-state index in [4.69, 9.17) is 9.47 Å². The quantitative estimate of drug-likeness (QED) is 0.378. The van der Waals surface area contributed by atoms with Gasteiger partial charge in [0, 0.05) is 34.4 Å². The number of benzene rings is 3. The van der Waals surface area contributed by atoms with E-state index >= 15 is 0 Å². The lowest BCUT2D eigenvalue weighted by Crippen LogP contribution is -2.28. The molecule has 3 aromatic carbocycles. The van der Waals surface area contributed by atoms with Crippen LogP contribution in [0.15, 0.2) is 72.1 Å². The van der Waals surface area contributed by atoms with Crippen molar-refractivity contribution in [1.82, 2.24) is 4.98 Å². The summed E-state index contributed by atoms with van der Waals surface area (Å²) in [6.07, 6.45) is 1.01. The summed E-state index contributed by atoms with van der Waals surface area (Å²) in [6, 6.07) is 20.6. The molecule has 36 heavy (non-hydrogen) atoms. The summed E-state index contributed by atoms with van der Waals surface area (Å²) < 4.78 is 10.7. The zero-order valence-electron chi connectivity index (χ0n) is 20.0. The molecule has 182 valence electrons. The van der Waals surface area contributed by atoms with E-state index in [1.807, 2.05) is 41.8 Å². The Morgan fingerprint density at radius 3 is 2.56 bits per heavy atom. The number of ether oxygens (including phenoxy) is 2. The Kier molecular flexibility index (Phi) is 6.69. The molecule has 0 fully saturated rings. The van der Waals surface area contributed by atoms with Gasteiger partial charge in [0.1, 0.15) is 5.01 Å². The molecule has 0 spiro atoms. The highest BCUT2D eigenvalue weighted by Gasteiger charge is 2.25. The Bertz CT molecular complexity index is 1410. The van der Waals surface area contributed by atoms with Crippen LogP contribution >= 0.6 is 11.3 Å². The van der Waals surface area contributed by atoms with Gasteiger partial charge in [0.25, 0.3) is 5.91 Å². The number of amides is 2. The molecule has 2 heterocycles. The van der Waals surface area contributed by atoms with Gasteiger partial charge in [0.05, 0.1) is 26.3 Å². The third kappa shape index (κ3) is 4.81. The van der Waals surface area contributed by atoms with Crippen LogP contribution in [0.25, 0.3) is 10.6 Å². The standard InChI is InChI=1S/C28H25N3O4S/c1-34-24-12-9-20(15-25(24)35-2)27-30-22(17-36-27)16-26(32)29-21-10-7-19(8-11-21)28(33)31-14-13-18-5-3-4-6-23(18)31/h3-12,15,17H,13-14,16H2,1-2H3,(H,29,32). The number of hydrogen-bond acceptors (Lipinski definition) is 6. The maximum absolute atomic E-state index is 13.0. The number of thiazole rings is 1. The molecule has 7 nitrogen and oxygen atoms in total. The minimum atomic E-state index is -0.174. The molecule has 4 aromatic rings. The van der Waals surface area contributed by atoms with E-state index in [0.717, 1.165) is 22.7 Å². The van der Waals surface area contributed by atoms with Crippen molar-refractivity contribution in [3.8, 4) is 22.1 Å². The molecular formula is C28H25N3O4S. The van der Waals surface area contributed by atoms with Crippen molar-refractivity contribution >= 4 is 34.5 Å². The second-order valence-corrected chi connectivity index (χ2v) is 9.21. The lowest BCUT2D eigenvalue weighted by molar-refractivity contribution is -0.115. The molecule has 2 amide bonds. The molecule has 0 atom stereocenters. The summed E-state index contributed by atoms with van der Waals surface area (Å²) >= 11 is 1.47. The third-order valence-corrected chi connectivity index (χ3v) is 7.01. The van der Waals surface area contributed by atoms with Gasteiger partial charge >= 0.3 is 0 Å². The number of nitrogens with one attached hydrogen (secondary N) is 1. The summed E-state index contributed by atoms with van der Waals surface area (Å²) in [5.41, 5.74) is 4.95. The SMILES string of the molecule is COc1ccc(-c2nc(CC(=O)Nc3ccc(C(=O)N4CCc5ccccc54)cc3)cs2)cc1OC. The van der Waals surface area contributed by atoms with Crippen molar-refractivity contribution in [1.29, 1.82) is 0 Å². The lowest BCUT2D eigenvalue weighted by atomic mass is 10.1. The zero-order valence-corrected chi connectivity index (χ0v) is 20.8. The van der Waals surface area contributed by atoms with Crippen molar-refractivity contribution < 1.29 is 19.1 Å². The van der Waals surface area contributed by atoms with Crippen molar-refractivity contribution in [3.05, 3.63) is 88.9 Å². The zero-order chi connectivity index (χ0) is 25.1. The van der Waals surface area contributed by atoms with Crippen LogP contribution < -0.4 is 19.7 Å². The molecule has 1 N–H and O–H groups in total. The predicted octanol–water partition coefficient (Wildman–Crippen LogP) is 5.21. The van der Waals surface area contributed by atoms with Crippen LogP contribution in [0, 0.1) is 0 Å². The average Bonchev–Trinajstić information content (AvgIpc) is 3.55. The number of fused-ring (bicyclic) bond motifs is 1. The fourth-order valence-corrected chi connectivity index (χ4v) is 5.08. The number of methoxy groups -OCH3 is 2. The smallest absolute Gasteiger partial charge is 0.258 e. The summed E-state index contributed by atoms with van der Waals surface area (Å²) in [7, 11) is 3.18. The number of nitrogens with zero attached hydrogens (tertiary/aromatic N) is 2. The number of para-hydroxylation sites is 1. The molecule has 0 aliphatic carbocycles. The van der Waals surface area contributed by atoms with Gasteiger partial charge in [-0.05, 0) is 60.5 Å². The number of hydrogen-bond donors (Lipinski definition) is 1. The average molecular weight is 500 g/mol. The van der Waals surface area contributed by atoms with Crippen molar-refractivity contribution in [3.63, 3.8) is 0 Å². The Balaban J connectivity index is 1.21. The van der Waals surface area contributed by atoms with E-state index in [1.165, 1.54) is 16.9 Å². The van der Waals surface area contributed by atoms with Gasteiger partial charge in [-0.1, -0.05) is 18.2 Å². The minimum absolute atomic E-state index is 0.0389. The fourth-order valence-electron chi connectivity index (χ4n) is 4.26. The Morgan fingerprint density at radius 1 is 1.00 bits per heavy atom. The van der Waals surface area contributed by atoms with Crippen LogP contribution in [-0.2, 0) is 17.6 Å². The second kappa shape index (κ2) is 10.2. The molecule has 1 aliphatic rings. The minimum Gasteiger partial charge on any atom is -0.493 e. The second-order valence-electron chi connectivity index (χ2n) is 8.35. The highest BCUT2D eigenvalue weighted by Crippen LogP contribution is 2.34. The van der Waals surface area contributed by atoms with Gasteiger partial charge in [-0.15, -0.1) is 11.3 Å². The van der Waals surface area contributed by atoms with E-state index < -0.39 is 0 Å². The van der Waals surface area contributed by atoms with Gasteiger partial charge in [-0.25, -0.2) is 4.98 Å². The molecular weight excluding hydrogens is 474 g/mol. The molecule has 1 aliphatic heterocycles. The monoisotopic (exact) mass is 499 g/mol. The van der Waals surface area contributed by atoms with Gasteiger partial charge < -0.3 is 19.7 Å². The van der Waals surface area contributed by atoms with Crippen LogP contribution in [-0.4, -0.2) is 37.6 Å². The first-order valence-corrected chi connectivity index (χ1v) is 12.4. The normalized spacial score (nSPS) is 12.2. The predicted molar refractivity (Wildman–Crippen MR) is 141 cm³/mol. The molecule has 0 unspecified atom stereocenters. The van der Waals surface area contributed by atoms with Gasteiger partial charge in [-0.3, -0.25) is 9.59 Å². The first kappa shape index (κ1) is 23.6. The van der Waals surface area contributed by atoms with Crippen LogP contribution in [0.3, 0.4) is 0 Å². The first-order valence-electron chi connectivity index (χ1n) is 11.5. The third-order valence-electron chi connectivity index (χ3n) is 6.07. The molecule has 1 aromatic heterocycles. The number of aromatic nitrogens is 1.